The van der Waals surface area contributed by atoms with E-state index in [4.69, 9.17) is 4.74 Å². The van der Waals surface area contributed by atoms with Crippen LogP contribution in [0.3, 0.4) is 0 Å². The Labute approximate surface area is 164 Å². The molecular formula is C19H18BrN3O4. The molecule has 0 unspecified atom stereocenters. The zero-order valence-corrected chi connectivity index (χ0v) is 16.0. The molecule has 140 valence electrons. The van der Waals surface area contributed by atoms with Crippen molar-refractivity contribution in [2.45, 2.75) is 0 Å². The largest absolute Gasteiger partial charge is 0.378 e. The topological polar surface area (TPSA) is 84.7 Å². The number of rotatable bonds is 5. The number of non-ortho nitro benzene ring substituents is 1. The van der Waals surface area contributed by atoms with E-state index in [2.05, 4.69) is 26.1 Å². The molecule has 0 bridgehead atoms. The van der Waals surface area contributed by atoms with Gasteiger partial charge in [0.25, 0.3) is 5.69 Å². The maximum absolute atomic E-state index is 12.3. The van der Waals surface area contributed by atoms with Crippen LogP contribution < -0.4 is 10.2 Å². The second-order valence-electron chi connectivity index (χ2n) is 5.93. The first-order valence-electron chi connectivity index (χ1n) is 8.39. The number of nitrogens with zero attached hydrogens (tertiary/aromatic N) is 2. The Balaban J connectivity index is 1.71. The summed E-state index contributed by atoms with van der Waals surface area (Å²) in [5.41, 5.74) is 2.38. The summed E-state index contributed by atoms with van der Waals surface area (Å²) < 4.78 is 6.25. The highest BCUT2D eigenvalue weighted by atomic mass is 79.9. The fraction of sp³-hybridized carbons (Fsp3) is 0.211. The number of carbonyl (C=O) groups excluding carboxylic acids is 1. The lowest BCUT2D eigenvalue weighted by Gasteiger charge is -2.30. The van der Waals surface area contributed by atoms with E-state index in [1.54, 1.807) is 18.2 Å². The van der Waals surface area contributed by atoms with Gasteiger partial charge in [0.15, 0.2) is 0 Å². The van der Waals surface area contributed by atoms with Gasteiger partial charge in [0, 0.05) is 35.8 Å². The minimum atomic E-state index is -0.458. The summed E-state index contributed by atoms with van der Waals surface area (Å²) in [6, 6.07) is 11.8. The van der Waals surface area contributed by atoms with Gasteiger partial charge in [-0.05, 0) is 42.0 Å². The molecule has 1 heterocycles. The summed E-state index contributed by atoms with van der Waals surface area (Å²) in [5, 5.41) is 13.6. The first-order chi connectivity index (χ1) is 13.0. The molecule has 1 aliphatic rings. The molecule has 27 heavy (non-hydrogen) atoms. The van der Waals surface area contributed by atoms with Crippen molar-refractivity contribution in [2.75, 3.05) is 36.5 Å². The predicted molar refractivity (Wildman–Crippen MR) is 108 cm³/mol. The van der Waals surface area contributed by atoms with Gasteiger partial charge in [-0.25, -0.2) is 0 Å². The maximum Gasteiger partial charge on any atom is 0.269 e. The number of hydrogen-bond donors (Lipinski definition) is 1. The van der Waals surface area contributed by atoms with E-state index in [0.29, 0.717) is 24.5 Å². The highest BCUT2D eigenvalue weighted by Gasteiger charge is 2.16. The monoisotopic (exact) mass is 431 g/mol. The SMILES string of the molecule is O=C(/C=C/c1ccc([N+](=O)[O-])cc1)Nc1cc(Br)ccc1N1CCOCC1. The minimum Gasteiger partial charge on any atom is -0.378 e. The smallest absolute Gasteiger partial charge is 0.269 e. The van der Waals surface area contributed by atoms with E-state index in [1.807, 2.05) is 18.2 Å². The van der Waals surface area contributed by atoms with E-state index < -0.39 is 4.92 Å². The quantitative estimate of drug-likeness (QED) is 0.441. The Morgan fingerprint density at radius 3 is 2.56 bits per heavy atom. The lowest BCUT2D eigenvalue weighted by atomic mass is 10.2. The number of anilines is 2. The Hall–Kier alpha value is -2.71. The molecule has 1 fully saturated rings. The number of amides is 1. The molecule has 7 nitrogen and oxygen atoms in total. The molecule has 2 aromatic carbocycles. The fourth-order valence-electron chi connectivity index (χ4n) is 2.74. The summed E-state index contributed by atoms with van der Waals surface area (Å²) in [5.74, 6) is -0.277. The van der Waals surface area contributed by atoms with Crippen LogP contribution in [0.4, 0.5) is 17.1 Å². The first-order valence-corrected chi connectivity index (χ1v) is 9.18. The third-order valence-electron chi connectivity index (χ3n) is 4.10. The van der Waals surface area contributed by atoms with Crippen molar-refractivity contribution >= 4 is 45.0 Å². The summed E-state index contributed by atoms with van der Waals surface area (Å²) in [6.07, 6.45) is 3.02. The van der Waals surface area contributed by atoms with Crippen LogP contribution in [0.1, 0.15) is 5.56 Å². The number of morpholine rings is 1. The van der Waals surface area contributed by atoms with Gasteiger partial charge in [0.2, 0.25) is 5.91 Å². The predicted octanol–water partition coefficient (Wildman–Crippen LogP) is 3.85. The maximum atomic E-state index is 12.3. The van der Waals surface area contributed by atoms with Gasteiger partial charge in [-0.2, -0.15) is 0 Å². The number of halogens is 1. The molecule has 1 N–H and O–H groups in total. The average Bonchev–Trinajstić information content (AvgIpc) is 2.67. The third kappa shape index (κ3) is 5.15. The van der Waals surface area contributed by atoms with E-state index >= 15 is 0 Å². The van der Waals surface area contributed by atoms with Gasteiger partial charge in [-0.15, -0.1) is 0 Å². The molecule has 3 rings (SSSR count). The lowest BCUT2D eigenvalue weighted by Crippen LogP contribution is -2.36. The molecule has 0 radical (unpaired) electrons. The summed E-state index contributed by atoms with van der Waals surface area (Å²) in [7, 11) is 0. The second kappa shape index (κ2) is 8.79. The Morgan fingerprint density at radius 2 is 1.89 bits per heavy atom. The Kier molecular flexibility index (Phi) is 6.20. The highest BCUT2D eigenvalue weighted by Crippen LogP contribution is 2.30. The molecule has 0 spiro atoms. The van der Waals surface area contributed by atoms with E-state index in [0.717, 1.165) is 23.2 Å². The molecular weight excluding hydrogens is 414 g/mol. The summed E-state index contributed by atoms with van der Waals surface area (Å²) in [4.78, 5) is 24.7. The zero-order chi connectivity index (χ0) is 19.2. The number of benzene rings is 2. The number of nitro benzene ring substituents is 1. The number of hydrogen-bond acceptors (Lipinski definition) is 5. The van der Waals surface area contributed by atoms with E-state index in [-0.39, 0.29) is 11.6 Å². The molecule has 0 saturated carbocycles. The van der Waals surface area contributed by atoms with Crippen LogP contribution in [0, 0.1) is 10.1 Å². The lowest BCUT2D eigenvalue weighted by molar-refractivity contribution is -0.384. The van der Waals surface area contributed by atoms with Crippen molar-refractivity contribution in [1.29, 1.82) is 0 Å². The van der Waals surface area contributed by atoms with Gasteiger partial charge in [0.05, 0.1) is 29.5 Å². The number of nitro groups is 1. The van der Waals surface area contributed by atoms with Gasteiger partial charge < -0.3 is 15.0 Å². The molecule has 1 amide bonds. The number of carbonyl (C=O) groups is 1. The molecule has 0 atom stereocenters. The van der Waals surface area contributed by atoms with E-state index in [9.17, 15) is 14.9 Å². The van der Waals surface area contributed by atoms with Crippen LogP contribution in [-0.2, 0) is 9.53 Å². The standard InChI is InChI=1S/C19H18BrN3O4/c20-15-4-7-18(22-9-11-27-12-10-22)17(13-15)21-19(24)8-3-14-1-5-16(6-2-14)23(25)26/h1-8,13H,9-12H2,(H,21,24)/b8-3+. The van der Waals surface area contributed by atoms with Crippen molar-refractivity contribution in [2.24, 2.45) is 0 Å². The Morgan fingerprint density at radius 1 is 1.19 bits per heavy atom. The van der Waals surface area contributed by atoms with Crippen LogP contribution >= 0.6 is 15.9 Å². The van der Waals surface area contributed by atoms with Crippen LogP contribution in [0.15, 0.2) is 53.0 Å². The molecule has 1 saturated heterocycles. The van der Waals surface area contributed by atoms with Crippen LogP contribution in [-0.4, -0.2) is 37.1 Å². The molecule has 2 aromatic rings. The van der Waals surface area contributed by atoms with Crippen molar-refractivity contribution in [1.82, 2.24) is 0 Å². The van der Waals surface area contributed by atoms with Gasteiger partial charge in [-0.1, -0.05) is 15.9 Å². The minimum absolute atomic E-state index is 0.0147. The van der Waals surface area contributed by atoms with Crippen LogP contribution in [0.2, 0.25) is 0 Å². The zero-order valence-electron chi connectivity index (χ0n) is 14.4. The highest BCUT2D eigenvalue weighted by molar-refractivity contribution is 9.10. The number of ether oxygens (including phenoxy) is 1. The fourth-order valence-corrected chi connectivity index (χ4v) is 3.10. The van der Waals surface area contributed by atoms with Gasteiger partial charge >= 0.3 is 0 Å². The van der Waals surface area contributed by atoms with Crippen molar-refractivity contribution in [3.8, 4) is 0 Å². The Bertz CT molecular complexity index is 862. The van der Waals surface area contributed by atoms with Crippen molar-refractivity contribution in [3.63, 3.8) is 0 Å². The van der Waals surface area contributed by atoms with Crippen molar-refractivity contribution < 1.29 is 14.5 Å². The number of nitrogens with one attached hydrogen (secondary N) is 1. The first kappa shape index (κ1) is 19.1. The molecule has 1 aliphatic heterocycles. The molecule has 0 aromatic heterocycles. The molecule has 0 aliphatic carbocycles. The van der Waals surface area contributed by atoms with Crippen LogP contribution in [0.5, 0.6) is 0 Å². The average molecular weight is 432 g/mol. The van der Waals surface area contributed by atoms with E-state index in [1.165, 1.54) is 18.2 Å². The second-order valence-corrected chi connectivity index (χ2v) is 6.85. The van der Waals surface area contributed by atoms with Gasteiger partial charge in [-0.3, -0.25) is 14.9 Å². The van der Waals surface area contributed by atoms with Crippen LogP contribution in [0.25, 0.3) is 6.08 Å². The summed E-state index contributed by atoms with van der Waals surface area (Å²) >= 11 is 3.44. The normalized spacial score (nSPS) is 14.3. The van der Waals surface area contributed by atoms with Crippen molar-refractivity contribution in [3.05, 3.63) is 68.7 Å². The molecule has 8 heteroatoms. The third-order valence-corrected chi connectivity index (χ3v) is 4.59. The summed E-state index contributed by atoms with van der Waals surface area (Å²) in [6.45, 7) is 2.85. The van der Waals surface area contributed by atoms with Gasteiger partial charge in [0.1, 0.15) is 0 Å².